The molecule has 0 saturated heterocycles. The summed E-state index contributed by atoms with van der Waals surface area (Å²) in [5.41, 5.74) is 3.45. The number of hydrogen-bond acceptors (Lipinski definition) is 4. The van der Waals surface area contributed by atoms with Gasteiger partial charge in [0.15, 0.2) is 0 Å². The summed E-state index contributed by atoms with van der Waals surface area (Å²) >= 11 is 12.4. The van der Waals surface area contributed by atoms with Gasteiger partial charge in [-0.1, -0.05) is 31.5 Å². The molecule has 2 aromatic carbocycles. The van der Waals surface area contributed by atoms with Crippen molar-refractivity contribution in [2.24, 2.45) is 11.0 Å². The molecule has 2 aromatic rings. The number of hydrazone groups is 1. The first kappa shape index (κ1) is 22.4. The highest BCUT2D eigenvalue weighted by molar-refractivity contribution is 9.11. The zero-order valence-corrected chi connectivity index (χ0v) is 19.0. The summed E-state index contributed by atoms with van der Waals surface area (Å²) < 4.78 is 0.979. The van der Waals surface area contributed by atoms with Crippen LogP contribution in [0.4, 0.5) is 0 Å². The molecule has 28 heavy (non-hydrogen) atoms. The summed E-state index contributed by atoms with van der Waals surface area (Å²) in [5, 5.41) is 16.8. The number of halogens is 3. The lowest BCUT2D eigenvalue weighted by atomic mass is 10.0. The summed E-state index contributed by atoms with van der Waals surface area (Å²) in [4.78, 5) is 24.9. The van der Waals surface area contributed by atoms with Crippen molar-refractivity contribution in [1.29, 1.82) is 0 Å². The first-order valence-corrected chi connectivity index (χ1v) is 10.2. The van der Waals surface area contributed by atoms with Crippen molar-refractivity contribution >= 4 is 61.5 Å². The van der Waals surface area contributed by atoms with Crippen LogP contribution in [0.2, 0.25) is 5.02 Å². The fraction of sp³-hybridized carbons (Fsp3) is 0.211. The summed E-state index contributed by atoms with van der Waals surface area (Å²) in [6.07, 6.45) is 1.43. The number of hydrogen-bond donors (Lipinski definition) is 3. The fourth-order valence-electron chi connectivity index (χ4n) is 2.29. The van der Waals surface area contributed by atoms with Gasteiger partial charge in [0.25, 0.3) is 11.8 Å². The Hall–Kier alpha value is -1.90. The lowest BCUT2D eigenvalue weighted by Crippen LogP contribution is -2.48. The van der Waals surface area contributed by atoms with Crippen molar-refractivity contribution in [3.63, 3.8) is 0 Å². The maximum absolute atomic E-state index is 12.5. The molecular formula is C19H18Br2ClN3O3. The zero-order valence-electron chi connectivity index (χ0n) is 15.0. The van der Waals surface area contributed by atoms with Crippen LogP contribution in [0.1, 0.15) is 29.8 Å². The average Bonchev–Trinajstić information content (AvgIpc) is 2.63. The molecule has 6 nitrogen and oxygen atoms in total. The summed E-state index contributed by atoms with van der Waals surface area (Å²) in [5.74, 6) is -0.926. The summed E-state index contributed by atoms with van der Waals surface area (Å²) in [6, 6.07) is 9.01. The van der Waals surface area contributed by atoms with Crippen molar-refractivity contribution in [3.8, 4) is 5.75 Å². The quantitative estimate of drug-likeness (QED) is 0.379. The standard InChI is InChI=1S/C19H18Br2ClN3O3/c1-10(2)16(24-18(27)12-4-3-5-13(22)8-12)19(28)25-23-9-11-6-14(20)17(26)15(21)7-11/h3-10,16,26H,1-2H3,(H,24,27)(H,25,28). The van der Waals surface area contributed by atoms with Crippen LogP contribution >= 0.6 is 43.5 Å². The smallest absolute Gasteiger partial charge is 0.262 e. The number of nitrogens with one attached hydrogen (secondary N) is 2. The minimum atomic E-state index is -0.776. The largest absolute Gasteiger partial charge is 0.506 e. The molecule has 0 aromatic heterocycles. The van der Waals surface area contributed by atoms with Crippen LogP contribution < -0.4 is 10.7 Å². The molecule has 0 heterocycles. The first-order valence-electron chi connectivity index (χ1n) is 8.26. The van der Waals surface area contributed by atoms with E-state index in [1.807, 2.05) is 13.8 Å². The van der Waals surface area contributed by atoms with Gasteiger partial charge in [0.1, 0.15) is 11.8 Å². The van der Waals surface area contributed by atoms with Gasteiger partial charge < -0.3 is 10.4 Å². The van der Waals surface area contributed by atoms with E-state index in [4.69, 9.17) is 11.6 Å². The lowest BCUT2D eigenvalue weighted by Gasteiger charge is -2.20. The number of benzene rings is 2. The Morgan fingerprint density at radius 1 is 1.18 bits per heavy atom. The number of aromatic hydroxyl groups is 1. The second-order valence-corrected chi connectivity index (χ2v) is 8.42. The van der Waals surface area contributed by atoms with Crippen LogP contribution in [0.5, 0.6) is 5.75 Å². The Labute approximate surface area is 184 Å². The molecule has 0 aliphatic rings. The van der Waals surface area contributed by atoms with Crippen LogP contribution in [0.25, 0.3) is 0 Å². The van der Waals surface area contributed by atoms with Crippen LogP contribution in [0.3, 0.4) is 0 Å². The van der Waals surface area contributed by atoms with Gasteiger partial charge in [0.05, 0.1) is 15.2 Å². The predicted octanol–water partition coefficient (Wildman–Crippen LogP) is 4.48. The van der Waals surface area contributed by atoms with E-state index in [2.05, 4.69) is 47.7 Å². The Bertz CT molecular complexity index is 896. The van der Waals surface area contributed by atoms with Crippen molar-refractivity contribution in [1.82, 2.24) is 10.7 Å². The third-order valence-corrected chi connectivity index (χ3v) is 5.19. The van der Waals surface area contributed by atoms with Gasteiger partial charge in [0.2, 0.25) is 0 Å². The number of carbonyl (C=O) groups is 2. The van der Waals surface area contributed by atoms with Crippen LogP contribution in [-0.2, 0) is 4.79 Å². The summed E-state index contributed by atoms with van der Waals surface area (Å²) in [7, 11) is 0. The van der Waals surface area contributed by atoms with Crippen molar-refractivity contribution < 1.29 is 14.7 Å². The average molecular weight is 532 g/mol. The number of phenolic OH excluding ortho intramolecular Hbond substituents is 1. The molecule has 0 fully saturated rings. The first-order chi connectivity index (χ1) is 13.2. The maximum Gasteiger partial charge on any atom is 0.262 e. The second-order valence-electron chi connectivity index (χ2n) is 6.27. The van der Waals surface area contributed by atoms with Gasteiger partial charge in [-0.15, -0.1) is 0 Å². The third kappa shape index (κ3) is 6.05. The van der Waals surface area contributed by atoms with E-state index >= 15 is 0 Å². The molecule has 0 aliphatic carbocycles. The zero-order chi connectivity index (χ0) is 20.8. The normalized spacial score (nSPS) is 12.2. The van der Waals surface area contributed by atoms with E-state index in [9.17, 15) is 14.7 Å². The minimum Gasteiger partial charge on any atom is -0.506 e. The Balaban J connectivity index is 2.05. The van der Waals surface area contributed by atoms with Gasteiger partial charge in [-0.25, -0.2) is 5.43 Å². The molecule has 0 saturated carbocycles. The molecule has 9 heteroatoms. The molecule has 0 bridgehead atoms. The van der Waals surface area contributed by atoms with E-state index in [0.29, 0.717) is 25.1 Å². The number of amides is 2. The van der Waals surface area contributed by atoms with Gasteiger partial charge in [-0.2, -0.15) is 5.10 Å². The summed E-state index contributed by atoms with van der Waals surface area (Å²) in [6.45, 7) is 3.64. The van der Waals surface area contributed by atoms with Crippen LogP contribution in [-0.4, -0.2) is 29.2 Å². The van der Waals surface area contributed by atoms with E-state index in [1.54, 1.807) is 30.3 Å². The monoisotopic (exact) mass is 529 g/mol. The third-order valence-electron chi connectivity index (χ3n) is 3.75. The van der Waals surface area contributed by atoms with E-state index in [0.717, 1.165) is 0 Å². The Kier molecular flexibility index (Phi) is 8.03. The molecule has 2 amide bonds. The highest BCUT2D eigenvalue weighted by atomic mass is 79.9. The van der Waals surface area contributed by atoms with E-state index in [1.165, 1.54) is 12.3 Å². The minimum absolute atomic E-state index is 0.0739. The predicted molar refractivity (Wildman–Crippen MR) is 117 cm³/mol. The molecule has 2 rings (SSSR count). The molecular weight excluding hydrogens is 513 g/mol. The molecule has 1 atom stereocenters. The van der Waals surface area contributed by atoms with E-state index < -0.39 is 17.9 Å². The number of carbonyl (C=O) groups excluding carboxylic acids is 2. The van der Waals surface area contributed by atoms with Crippen LogP contribution in [0.15, 0.2) is 50.4 Å². The van der Waals surface area contributed by atoms with Gasteiger partial charge in [0, 0.05) is 10.6 Å². The highest BCUT2D eigenvalue weighted by Crippen LogP contribution is 2.32. The van der Waals surface area contributed by atoms with Gasteiger partial charge in [-0.05, 0) is 73.7 Å². The number of nitrogens with zero attached hydrogens (tertiary/aromatic N) is 1. The van der Waals surface area contributed by atoms with Crippen molar-refractivity contribution in [3.05, 3.63) is 61.5 Å². The molecule has 0 radical (unpaired) electrons. The van der Waals surface area contributed by atoms with Crippen molar-refractivity contribution in [2.75, 3.05) is 0 Å². The number of rotatable bonds is 6. The lowest BCUT2D eigenvalue weighted by molar-refractivity contribution is -0.123. The molecule has 3 N–H and O–H groups in total. The van der Waals surface area contributed by atoms with Crippen LogP contribution in [0, 0.1) is 5.92 Å². The molecule has 148 valence electrons. The molecule has 1 unspecified atom stereocenters. The fourth-order valence-corrected chi connectivity index (χ4v) is 3.70. The maximum atomic E-state index is 12.5. The van der Waals surface area contributed by atoms with Gasteiger partial charge >= 0.3 is 0 Å². The van der Waals surface area contributed by atoms with Gasteiger partial charge in [-0.3, -0.25) is 9.59 Å². The molecule has 0 aliphatic heterocycles. The van der Waals surface area contributed by atoms with Crippen molar-refractivity contribution in [2.45, 2.75) is 19.9 Å². The molecule has 0 spiro atoms. The SMILES string of the molecule is CC(C)C(NC(=O)c1cccc(Cl)c1)C(=O)NN=Cc1cc(Br)c(O)c(Br)c1. The Morgan fingerprint density at radius 2 is 1.82 bits per heavy atom. The topological polar surface area (TPSA) is 90.8 Å². The Morgan fingerprint density at radius 3 is 2.39 bits per heavy atom. The second kappa shape index (κ2) is 10.0. The number of phenols is 1. The van der Waals surface area contributed by atoms with E-state index in [-0.39, 0.29) is 11.7 Å². The highest BCUT2D eigenvalue weighted by Gasteiger charge is 2.24.